The van der Waals surface area contributed by atoms with Crippen molar-refractivity contribution in [3.63, 3.8) is 0 Å². The zero-order valence-electron chi connectivity index (χ0n) is 36.0. The number of ether oxygens (including phenoxy) is 2. The van der Waals surface area contributed by atoms with Crippen LogP contribution in [0.25, 0.3) is 17.4 Å². The number of nitrogens with zero attached hydrogens (tertiary/aromatic N) is 3. The van der Waals surface area contributed by atoms with Gasteiger partial charge in [-0.25, -0.2) is 9.37 Å². The van der Waals surface area contributed by atoms with E-state index in [2.05, 4.69) is 37.5 Å². The number of hydroxylamine groups is 2. The van der Waals surface area contributed by atoms with E-state index in [1.54, 1.807) is 38.5 Å². The van der Waals surface area contributed by atoms with Gasteiger partial charge in [0.05, 0.1) is 16.7 Å². The van der Waals surface area contributed by atoms with E-state index in [1.807, 2.05) is 30.0 Å². The number of carbonyl (C=O) groups excluding carboxylic acids is 3. The summed E-state index contributed by atoms with van der Waals surface area (Å²) in [6.07, 6.45) is 9.07. The van der Waals surface area contributed by atoms with E-state index < -0.39 is 49.2 Å². The molecule has 0 spiro atoms. The van der Waals surface area contributed by atoms with Gasteiger partial charge in [-0.3, -0.25) is 18.7 Å². The van der Waals surface area contributed by atoms with Crippen LogP contribution in [0.1, 0.15) is 83.1 Å². The quantitative estimate of drug-likeness (QED) is 0.0679. The van der Waals surface area contributed by atoms with Gasteiger partial charge < -0.3 is 23.6 Å². The Morgan fingerprint density at radius 1 is 0.919 bits per heavy atom. The third-order valence-corrected chi connectivity index (χ3v) is 12.5. The minimum absolute atomic E-state index is 0.0113. The number of benzene rings is 2. The van der Waals surface area contributed by atoms with Crippen molar-refractivity contribution in [2.45, 2.75) is 81.9 Å². The molecule has 1 aliphatic carbocycles. The first-order chi connectivity index (χ1) is 29.2. The Hall–Kier alpha value is -4.98. The highest BCUT2D eigenvalue weighted by atomic mass is 32.2. The van der Waals surface area contributed by atoms with Crippen LogP contribution in [-0.4, -0.2) is 102 Å². The van der Waals surface area contributed by atoms with Crippen LogP contribution in [0.2, 0.25) is 0 Å². The molecule has 0 aromatic heterocycles. The van der Waals surface area contributed by atoms with Crippen molar-refractivity contribution < 1.29 is 59.1 Å². The summed E-state index contributed by atoms with van der Waals surface area (Å²) in [6.45, 7) is 10.7. The highest BCUT2D eigenvalue weighted by Crippen LogP contribution is 2.51. The third kappa shape index (κ3) is 11.9. The molecule has 3 heterocycles. The van der Waals surface area contributed by atoms with Crippen LogP contribution in [0.3, 0.4) is 0 Å². The predicted molar refractivity (Wildman–Crippen MR) is 232 cm³/mol. The van der Waals surface area contributed by atoms with Crippen LogP contribution < -0.4 is 14.8 Å². The zero-order chi connectivity index (χ0) is 45.5. The summed E-state index contributed by atoms with van der Waals surface area (Å²) in [7, 11) is -5.62. The first-order valence-corrected chi connectivity index (χ1v) is 23.3. The van der Waals surface area contributed by atoms with Crippen molar-refractivity contribution in [2.24, 2.45) is 0 Å². The van der Waals surface area contributed by atoms with E-state index in [1.165, 1.54) is 18.2 Å². The lowest BCUT2D eigenvalue weighted by Crippen LogP contribution is -2.35. The maximum atomic E-state index is 12.8. The highest BCUT2D eigenvalue weighted by Gasteiger charge is 2.44. The SMILES string of the molecule is COCC[N+](CCOC)=c1ccc2c(C(C)(C)C)cc(/C=C/C=C/C=C3/N(CCCS(=O)(=O)O)c4ccc(S(=O)(=O)O)cc4C3(C)CCCC(=O)ON3C(=O)CCC3=O)oc-2c1. The molecule has 5 rings (SSSR count). The average molecular weight is 899 g/mol. The number of hydrogen-bond donors (Lipinski definition) is 2. The van der Waals surface area contributed by atoms with Crippen LogP contribution in [0.4, 0.5) is 5.69 Å². The molecule has 1 saturated heterocycles. The molecular formula is C44H56N3O13S2+. The van der Waals surface area contributed by atoms with E-state index in [0.717, 1.165) is 16.5 Å². The number of imide groups is 1. The molecule has 0 saturated carbocycles. The van der Waals surface area contributed by atoms with Gasteiger partial charge in [0, 0.05) is 68.5 Å². The molecule has 2 amide bonds. The number of amides is 2. The van der Waals surface area contributed by atoms with Crippen LogP contribution >= 0.6 is 0 Å². The maximum absolute atomic E-state index is 12.8. The Labute approximate surface area is 362 Å². The van der Waals surface area contributed by atoms with E-state index in [0.29, 0.717) is 59.8 Å². The number of fused-ring (bicyclic) bond motifs is 2. The van der Waals surface area contributed by atoms with Crippen LogP contribution in [-0.2, 0) is 59.8 Å². The second-order valence-corrected chi connectivity index (χ2v) is 19.4. The normalized spacial score (nSPS) is 18.0. The largest absolute Gasteiger partial charge is 0.456 e. The molecule has 16 nitrogen and oxygen atoms in total. The summed E-state index contributed by atoms with van der Waals surface area (Å²) in [4.78, 5) is 43.4. The first kappa shape index (κ1) is 48.1. The minimum atomic E-state index is -4.63. The fourth-order valence-corrected chi connectivity index (χ4v) is 8.72. The average Bonchev–Trinajstić information content (AvgIpc) is 3.63. The van der Waals surface area contributed by atoms with Gasteiger partial charge in [0.2, 0.25) is 5.36 Å². The Bertz CT molecular complexity index is 2490. The van der Waals surface area contributed by atoms with Crippen LogP contribution in [0.5, 0.6) is 0 Å². The van der Waals surface area contributed by atoms with Crippen molar-refractivity contribution in [3.8, 4) is 11.3 Å². The molecule has 1 unspecified atom stereocenters. The lowest BCUT2D eigenvalue weighted by atomic mass is 9.77. The lowest BCUT2D eigenvalue weighted by Gasteiger charge is -2.30. The van der Waals surface area contributed by atoms with Crippen molar-refractivity contribution in [1.82, 2.24) is 9.64 Å². The standard InChI is InChI=1S/C44H55N3O13S2/c1-43(2,3)35-29-32(59-38-28-31(15-17-34(35)38)45(23-25-57-5)24-26-58-6)12-8-7-9-13-39-44(4,21-10-14-42(50)60-47-40(48)19-20-41(47)49)36-30-33(62(54,55)56)16-18-37(36)46(39)22-11-27-61(51,52)53/h7-9,12-13,15-18,28-30H,10-11,14,19-27H2,1-6H3,(H-,51,52,53,54,55,56)/p+1. The summed E-state index contributed by atoms with van der Waals surface area (Å²) in [6, 6.07) is 12.3. The lowest BCUT2D eigenvalue weighted by molar-refractivity contribution is -0.197. The molecule has 18 heteroatoms. The molecule has 1 aromatic rings. The summed E-state index contributed by atoms with van der Waals surface area (Å²) in [5.41, 5.74) is 2.46. The van der Waals surface area contributed by atoms with Gasteiger partial charge in [0.1, 0.15) is 24.7 Å². The smallest absolute Gasteiger partial charge is 0.333 e. The fraction of sp³-hybridized carbons (Fsp3) is 0.455. The number of carbonyl (C=O) groups is 3. The Balaban J connectivity index is 1.52. The first-order valence-electron chi connectivity index (χ1n) is 20.3. The number of methoxy groups -OCH3 is 2. The van der Waals surface area contributed by atoms with Crippen LogP contribution in [0, 0.1) is 0 Å². The summed E-state index contributed by atoms with van der Waals surface area (Å²) in [5, 5.41) is 1.44. The fourth-order valence-electron chi connectivity index (χ4n) is 7.72. The number of anilines is 1. The van der Waals surface area contributed by atoms with E-state index in [4.69, 9.17) is 18.7 Å². The van der Waals surface area contributed by atoms with Gasteiger partial charge in [-0.1, -0.05) is 39.0 Å². The summed E-state index contributed by atoms with van der Waals surface area (Å²) >= 11 is 0. The maximum Gasteiger partial charge on any atom is 0.333 e. The molecule has 336 valence electrons. The monoisotopic (exact) mass is 898 g/mol. The highest BCUT2D eigenvalue weighted by molar-refractivity contribution is 7.86. The molecule has 62 heavy (non-hydrogen) atoms. The molecule has 0 bridgehead atoms. The number of rotatable bonds is 19. The third-order valence-electron chi connectivity index (χ3n) is 10.9. The second-order valence-electron chi connectivity index (χ2n) is 16.4. The molecular weight excluding hydrogens is 843 g/mol. The molecule has 1 fully saturated rings. The van der Waals surface area contributed by atoms with E-state index in [-0.39, 0.29) is 55.4 Å². The minimum Gasteiger partial charge on any atom is -0.456 e. The predicted octanol–water partition coefficient (Wildman–Crippen LogP) is 5.28. The summed E-state index contributed by atoms with van der Waals surface area (Å²) in [5.74, 6) is -1.25. The van der Waals surface area contributed by atoms with Crippen molar-refractivity contribution in [3.05, 3.63) is 94.7 Å². The van der Waals surface area contributed by atoms with Gasteiger partial charge in [0.15, 0.2) is 13.1 Å². The van der Waals surface area contributed by atoms with Crippen LogP contribution in [0.15, 0.2) is 81.8 Å². The summed E-state index contributed by atoms with van der Waals surface area (Å²) < 4.78 is 86.9. The Morgan fingerprint density at radius 3 is 2.21 bits per heavy atom. The van der Waals surface area contributed by atoms with Crippen molar-refractivity contribution in [1.29, 1.82) is 0 Å². The Kier molecular flexibility index (Phi) is 15.5. The molecule has 1 aromatic carbocycles. The van der Waals surface area contributed by atoms with E-state index in [9.17, 15) is 40.3 Å². The number of hydrogen-bond acceptors (Lipinski definition) is 12. The molecule has 0 radical (unpaired) electrons. The topological polar surface area (TPSA) is 210 Å². The van der Waals surface area contributed by atoms with Gasteiger partial charge in [-0.15, -0.1) is 5.06 Å². The molecule has 4 aliphatic rings. The van der Waals surface area contributed by atoms with Crippen molar-refractivity contribution in [2.75, 3.05) is 57.7 Å². The molecule has 2 N–H and O–H groups in total. The Morgan fingerprint density at radius 2 is 1.60 bits per heavy atom. The molecule has 3 aliphatic heterocycles. The van der Waals surface area contributed by atoms with Gasteiger partial charge in [0.25, 0.3) is 32.1 Å². The zero-order valence-corrected chi connectivity index (χ0v) is 37.6. The van der Waals surface area contributed by atoms with Gasteiger partial charge in [-0.2, -0.15) is 16.8 Å². The molecule has 1 atom stereocenters. The van der Waals surface area contributed by atoms with Gasteiger partial charge in [-0.05, 0) is 85.2 Å². The van der Waals surface area contributed by atoms with Crippen molar-refractivity contribution >= 4 is 49.8 Å². The number of allylic oxidation sites excluding steroid dienone is 5. The van der Waals surface area contributed by atoms with Gasteiger partial charge >= 0.3 is 5.97 Å². The second kappa shape index (κ2) is 20.0. The van der Waals surface area contributed by atoms with E-state index >= 15 is 0 Å².